The van der Waals surface area contributed by atoms with Crippen LogP contribution in [-0.2, 0) is 4.79 Å². The van der Waals surface area contributed by atoms with Crippen LogP contribution < -0.4 is 14.8 Å². The minimum absolute atomic E-state index is 0.0140. The third kappa shape index (κ3) is 5.33. The van der Waals surface area contributed by atoms with Gasteiger partial charge in [-0.25, -0.2) is 4.98 Å². The van der Waals surface area contributed by atoms with Gasteiger partial charge in [-0.15, -0.1) is 11.3 Å². The lowest BCUT2D eigenvalue weighted by atomic mass is 10.1. The third-order valence-corrected chi connectivity index (χ3v) is 3.75. The van der Waals surface area contributed by atoms with E-state index in [1.165, 1.54) is 17.4 Å². The molecule has 0 saturated carbocycles. The SMILES string of the molecule is CCCOc1ccc(/C=C(\C#N)C(=O)Nc2nccs2)cc1OCC. The highest BCUT2D eigenvalue weighted by atomic mass is 32.1. The van der Waals surface area contributed by atoms with Crippen LogP contribution in [-0.4, -0.2) is 24.1 Å². The van der Waals surface area contributed by atoms with E-state index in [0.717, 1.165) is 6.42 Å². The molecule has 1 heterocycles. The van der Waals surface area contributed by atoms with Gasteiger partial charge in [0.25, 0.3) is 5.91 Å². The first kappa shape index (κ1) is 18.5. The molecule has 2 aromatic rings. The molecule has 1 N–H and O–H groups in total. The fourth-order valence-corrected chi connectivity index (χ4v) is 2.50. The zero-order chi connectivity index (χ0) is 18.1. The standard InChI is InChI=1S/C18H19N3O3S/c1-3-8-24-15-6-5-13(11-16(15)23-4-2)10-14(12-19)17(22)21-18-20-7-9-25-18/h5-7,9-11H,3-4,8H2,1-2H3,(H,20,21,22)/b14-10+. The number of benzene rings is 1. The molecule has 0 unspecified atom stereocenters. The van der Waals surface area contributed by atoms with Crippen LogP contribution in [0.15, 0.2) is 35.3 Å². The molecule has 1 aromatic carbocycles. The molecule has 0 bridgehead atoms. The van der Waals surface area contributed by atoms with Crippen LogP contribution in [0.2, 0.25) is 0 Å². The molecule has 7 heteroatoms. The smallest absolute Gasteiger partial charge is 0.268 e. The number of carbonyl (C=O) groups is 1. The monoisotopic (exact) mass is 357 g/mol. The molecule has 25 heavy (non-hydrogen) atoms. The van der Waals surface area contributed by atoms with E-state index < -0.39 is 5.91 Å². The molecule has 0 saturated heterocycles. The second kappa shape index (κ2) is 9.45. The molecule has 0 aliphatic heterocycles. The van der Waals surface area contributed by atoms with Gasteiger partial charge in [-0.1, -0.05) is 13.0 Å². The van der Waals surface area contributed by atoms with E-state index in [1.807, 2.05) is 19.9 Å². The van der Waals surface area contributed by atoms with Gasteiger partial charge < -0.3 is 9.47 Å². The molecule has 0 aliphatic carbocycles. The minimum atomic E-state index is -0.498. The summed E-state index contributed by atoms with van der Waals surface area (Å²) in [5, 5.41) is 14.1. The quantitative estimate of drug-likeness (QED) is 0.572. The highest BCUT2D eigenvalue weighted by Gasteiger charge is 2.12. The second-order valence-electron chi connectivity index (χ2n) is 4.95. The van der Waals surface area contributed by atoms with E-state index in [9.17, 15) is 10.1 Å². The number of amides is 1. The van der Waals surface area contributed by atoms with Crippen molar-refractivity contribution in [2.75, 3.05) is 18.5 Å². The maximum atomic E-state index is 12.2. The summed E-state index contributed by atoms with van der Waals surface area (Å²) in [6.07, 6.45) is 3.98. The Balaban J connectivity index is 2.22. The van der Waals surface area contributed by atoms with Crippen LogP contribution in [0.1, 0.15) is 25.8 Å². The van der Waals surface area contributed by atoms with Crippen molar-refractivity contribution in [3.05, 3.63) is 40.9 Å². The number of nitrogens with one attached hydrogen (secondary N) is 1. The zero-order valence-corrected chi connectivity index (χ0v) is 14.9. The number of aromatic nitrogens is 1. The first-order chi connectivity index (χ1) is 12.2. The fourth-order valence-electron chi connectivity index (χ4n) is 1.98. The predicted molar refractivity (Wildman–Crippen MR) is 97.7 cm³/mol. The molecule has 0 spiro atoms. The largest absolute Gasteiger partial charge is 0.490 e. The summed E-state index contributed by atoms with van der Waals surface area (Å²) in [5.41, 5.74) is 0.665. The fraction of sp³-hybridized carbons (Fsp3) is 0.278. The lowest BCUT2D eigenvalue weighted by Crippen LogP contribution is -2.13. The van der Waals surface area contributed by atoms with E-state index in [2.05, 4.69) is 10.3 Å². The second-order valence-corrected chi connectivity index (χ2v) is 5.84. The van der Waals surface area contributed by atoms with Gasteiger partial charge in [0.1, 0.15) is 11.6 Å². The summed E-state index contributed by atoms with van der Waals surface area (Å²) in [6, 6.07) is 7.23. The van der Waals surface area contributed by atoms with E-state index in [-0.39, 0.29) is 5.57 Å². The maximum Gasteiger partial charge on any atom is 0.268 e. The predicted octanol–water partition coefficient (Wildman–Crippen LogP) is 3.88. The highest BCUT2D eigenvalue weighted by Crippen LogP contribution is 2.29. The van der Waals surface area contributed by atoms with Crippen molar-refractivity contribution in [2.45, 2.75) is 20.3 Å². The third-order valence-electron chi connectivity index (χ3n) is 3.06. The molecule has 0 atom stereocenters. The Bertz CT molecular complexity index is 779. The average molecular weight is 357 g/mol. The molecule has 0 aliphatic rings. The van der Waals surface area contributed by atoms with Crippen LogP contribution in [0.25, 0.3) is 6.08 Å². The molecule has 6 nitrogen and oxygen atoms in total. The van der Waals surface area contributed by atoms with Gasteiger partial charge in [0.05, 0.1) is 13.2 Å². The number of nitrogens with zero attached hydrogens (tertiary/aromatic N) is 2. The number of carbonyl (C=O) groups excluding carboxylic acids is 1. The number of anilines is 1. The first-order valence-corrected chi connectivity index (χ1v) is 8.78. The molecule has 0 radical (unpaired) electrons. The van der Waals surface area contributed by atoms with Crippen molar-refractivity contribution in [2.24, 2.45) is 0 Å². The molecule has 130 valence electrons. The zero-order valence-electron chi connectivity index (χ0n) is 14.1. The van der Waals surface area contributed by atoms with Crippen molar-refractivity contribution >= 4 is 28.5 Å². The Morgan fingerprint density at radius 1 is 1.36 bits per heavy atom. The Kier molecular flexibility index (Phi) is 6.99. The molecule has 1 amide bonds. The number of rotatable bonds is 8. The number of hydrogen-bond acceptors (Lipinski definition) is 6. The van der Waals surface area contributed by atoms with E-state index in [4.69, 9.17) is 9.47 Å². The lowest BCUT2D eigenvalue weighted by Gasteiger charge is -2.12. The van der Waals surface area contributed by atoms with Crippen molar-refractivity contribution in [1.29, 1.82) is 5.26 Å². The van der Waals surface area contributed by atoms with E-state index in [0.29, 0.717) is 35.4 Å². The molecule has 2 rings (SSSR count). The molecular formula is C18H19N3O3S. The van der Waals surface area contributed by atoms with Crippen LogP contribution >= 0.6 is 11.3 Å². The first-order valence-electron chi connectivity index (χ1n) is 7.90. The number of hydrogen-bond donors (Lipinski definition) is 1. The van der Waals surface area contributed by atoms with E-state index in [1.54, 1.807) is 29.8 Å². The molecule has 0 fully saturated rings. The summed E-state index contributed by atoms with van der Waals surface area (Å²) in [7, 11) is 0. The highest BCUT2D eigenvalue weighted by molar-refractivity contribution is 7.13. The van der Waals surface area contributed by atoms with Crippen molar-refractivity contribution < 1.29 is 14.3 Å². The van der Waals surface area contributed by atoms with Crippen LogP contribution in [0.4, 0.5) is 5.13 Å². The maximum absolute atomic E-state index is 12.2. The molecular weight excluding hydrogens is 338 g/mol. The average Bonchev–Trinajstić information content (AvgIpc) is 3.12. The summed E-state index contributed by atoms with van der Waals surface area (Å²) < 4.78 is 11.2. The summed E-state index contributed by atoms with van der Waals surface area (Å²) in [6.45, 7) is 4.99. The minimum Gasteiger partial charge on any atom is -0.490 e. The van der Waals surface area contributed by atoms with Crippen molar-refractivity contribution in [1.82, 2.24) is 4.98 Å². The summed E-state index contributed by atoms with van der Waals surface area (Å²) >= 11 is 1.29. The van der Waals surface area contributed by atoms with Crippen LogP contribution in [0, 0.1) is 11.3 Å². The summed E-state index contributed by atoms with van der Waals surface area (Å²) in [4.78, 5) is 16.1. The van der Waals surface area contributed by atoms with Crippen LogP contribution in [0.5, 0.6) is 11.5 Å². The van der Waals surface area contributed by atoms with Crippen LogP contribution in [0.3, 0.4) is 0 Å². The van der Waals surface area contributed by atoms with E-state index >= 15 is 0 Å². The van der Waals surface area contributed by atoms with Gasteiger partial charge in [-0.05, 0) is 37.1 Å². The Morgan fingerprint density at radius 3 is 2.84 bits per heavy atom. The number of ether oxygens (including phenoxy) is 2. The molecule has 1 aromatic heterocycles. The Hall–Kier alpha value is -2.85. The van der Waals surface area contributed by atoms with Crippen molar-refractivity contribution in [3.63, 3.8) is 0 Å². The number of nitriles is 1. The van der Waals surface area contributed by atoms with Crippen molar-refractivity contribution in [3.8, 4) is 17.6 Å². The van der Waals surface area contributed by atoms with Gasteiger partial charge in [-0.3, -0.25) is 10.1 Å². The lowest BCUT2D eigenvalue weighted by molar-refractivity contribution is -0.112. The Morgan fingerprint density at radius 2 is 2.20 bits per heavy atom. The number of thiazole rings is 1. The van der Waals surface area contributed by atoms with Gasteiger partial charge in [0.15, 0.2) is 16.6 Å². The van der Waals surface area contributed by atoms with Gasteiger partial charge in [0.2, 0.25) is 0 Å². The summed E-state index contributed by atoms with van der Waals surface area (Å²) in [5.74, 6) is 0.732. The topological polar surface area (TPSA) is 84.2 Å². The Labute approximate surface area is 150 Å². The van der Waals surface area contributed by atoms with Gasteiger partial charge in [-0.2, -0.15) is 5.26 Å². The van der Waals surface area contributed by atoms with Gasteiger partial charge >= 0.3 is 0 Å². The van der Waals surface area contributed by atoms with Gasteiger partial charge in [0, 0.05) is 11.6 Å². The normalized spacial score (nSPS) is 10.8.